The number of carbonyl (C=O) groups is 4. The Morgan fingerprint density at radius 2 is 1.46 bits per heavy atom. The normalized spacial score (nSPS) is 12.2. The Balaban J connectivity index is 3.32. The molecule has 2 unspecified atom stereocenters. The van der Waals surface area contributed by atoms with Crippen LogP contribution in [0.2, 0.25) is 0 Å². The largest absolute Gasteiger partial charge is 0.394 e. The topological polar surface area (TPSA) is 207 Å². The van der Waals surface area contributed by atoms with Crippen LogP contribution in [0.25, 0.3) is 0 Å². The smallest absolute Gasteiger partial charge is 0.252 e. The Morgan fingerprint density at radius 3 is 1.95 bits per heavy atom. The van der Waals surface area contributed by atoms with Crippen LogP contribution in [0.15, 0.2) is 17.8 Å². The lowest BCUT2D eigenvalue weighted by Gasteiger charge is -2.22. The van der Waals surface area contributed by atoms with E-state index in [1.807, 2.05) is 0 Å². The molecule has 37 heavy (non-hydrogen) atoms. The van der Waals surface area contributed by atoms with Crippen LogP contribution in [0.3, 0.4) is 0 Å². The number of anilines is 1. The second-order valence-corrected chi connectivity index (χ2v) is 8.37. The molecule has 0 spiro atoms. The van der Waals surface area contributed by atoms with E-state index < -0.39 is 43.1 Å². The van der Waals surface area contributed by atoms with Gasteiger partial charge in [-0.1, -0.05) is 11.8 Å². The Morgan fingerprint density at radius 1 is 0.919 bits per heavy atom. The van der Waals surface area contributed by atoms with Gasteiger partial charge in [-0.25, -0.2) is 0 Å². The third-order valence-corrected chi connectivity index (χ3v) is 5.53. The third-order valence-electron chi connectivity index (χ3n) is 5.53. The number of nitrogens with zero attached hydrogens (tertiary/aromatic N) is 1. The van der Waals surface area contributed by atoms with Crippen molar-refractivity contribution in [3.05, 3.63) is 45.4 Å². The van der Waals surface area contributed by atoms with E-state index in [9.17, 15) is 34.3 Å². The van der Waals surface area contributed by atoms with Gasteiger partial charge in [-0.05, 0) is 50.0 Å². The average molecular weight is 522 g/mol. The van der Waals surface area contributed by atoms with Crippen LogP contribution >= 0.6 is 0 Å². The summed E-state index contributed by atoms with van der Waals surface area (Å²) >= 11 is 0. The zero-order valence-corrected chi connectivity index (χ0v) is 21.2. The Bertz CT molecular complexity index is 1030. The number of nitrogens with one attached hydrogen (secondary N) is 4. The monoisotopic (exact) mass is 521 g/mol. The summed E-state index contributed by atoms with van der Waals surface area (Å²) in [6.45, 7) is 6.84. The van der Waals surface area contributed by atoms with Crippen LogP contribution in [0.5, 0.6) is 0 Å². The van der Waals surface area contributed by atoms with Crippen LogP contribution in [-0.4, -0.2) is 83.9 Å². The quantitative estimate of drug-likeness (QED) is 0.0913. The molecule has 1 aromatic rings. The summed E-state index contributed by atoms with van der Waals surface area (Å²) in [6.07, 6.45) is -0.896. The van der Waals surface area contributed by atoms with Gasteiger partial charge in [0.15, 0.2) is 0 Å². The highest BCUT2D eigenvalue weighted by molar-refractivity contribution is 6.07. The number of hydrogen-bond donors (Lipinski definition) is 7. The Labute approximate surface area is 214 Å². The molecule has 0 aliphatic heterocycles. The molecule has 4 amide bonds. The van der Waals surface area contributed by atoms with Gasteiger partial charge in [0.25, 0.3) is 11.8 Å². The molecule has 0 heterocycles. The molecule has 0 saturated heterocycles. The lowest BCUT2D eigenvalue weighted by molar-refractivity contribution is -0.118. The predicted octanol–water partition coefficient (Wildman–Crippen LogP) is -0.427. The highest BCUT2D eigenvalue weighted by atomic mass is 16.3. The van der Waals surface area contributed by atoms with Crippen molar-refractivity contribution in [3.8, 4) is 0 Å². The van der Waals surface area contributed by atoms with Crippen molar-refractivity contribution < 1.29 is 34.5 Å². The van der Waals surface area contributed by atoms with E-state index in [1.54, 1.807) is 20.8 Å². The van der Waals surface area contributed by atoms with Crippen LogP contribution in [-0.2, 0) is 9.59 Å². The lowest BCUT2D eigenvalue weighted by atomic mass is 9.90. The van der Waals surface area contributed by atoms with Gasteiger partial charge in [0.1, 0.15) is 6.54 Å². The summed E-state index contributed by atoms with van der Waals surface area (Å²) in [7, 11) is 0. The first-order valence-electron chi connectivity index (χ1n) is 11.6. The van der Waals surface area contributed by atoms with Crippen molar-refractivity contribution in [1.82, 2.24) is 16.0 Å². The first-order chi connectivity index (χ1) is 17.5. The minimum absolute atomic E-state index is 0.0425. The fourth-order valence-electron chi connectivity index (χ4n) is 3.63. The average Bonchev–Trinajstić information content (AvgIpc) is 2.86. The number of hydrogen-bond acceptors (Lipinski definition) is 9. The number of aliphatic hydroxyl groups is 3. The molecule has 2 atom stereocenters. The summed E-state index contributed by atoms with van der Waals surface area (Å²) in [4.78, 5) is 60.3. The Kier molecular flexibility index (Phi) is 13.1. The molecule has 13 nitrogen and oxygen atoms in total. The van der Waals surface area contributed by atoms with Crippen LogP contribution in [0.1, 0.15) is 50.2 Å². The van der Waals surface area contributed by atoms with E-state index in [1.165, 1.54) is 0 Å². The zero-order chi connectivity index (χ0) is 28.1. The van der Waals surface area contributed by atoms with Crippen LogP contribution < -0.4 is 21.3 Å². The molecule has 0 radical (unpaired) electrons. The number of rotatable bonds is 15. The summed E-state index contributed by atoms with van der Waals surface area (Å²) in [6, 6.07) is 0. The molecular formula is C24H35N5O8. The molecule has 0 aromatic heterocycles. The van der Waals surface area contributed by atoms with E-state index in [0.29, 0.717) is 17.5 Å². The molecule has 0 fully saturated rings. The summed E-state index contributed by atoms with van der Waals surface area (Å²) in [5.74, 6) is -2.06. The van der Waals surface area contributed by atoms with Gasteiger partial charge in [-0.2, -0.15) is 4.91 Å². The minimum atomic E-state index is -1.20. The molecule has 204 valence electrons. The van der Waals surface area contributed by atoms with E-state index in [2.05, 4.69) is 33.0 Å². The van der Waals surface area contributed by atoms with E-state index >= 15 is 0 Å². The highest BCUT2D eigenvalue weighted by Gasteiger charge is 2.26. The number of carbonyl (C=O) groups excluding carboxylic acids is 4. The van der Waals surface area contributed by atoms with Crippen molar-refractivity contribution in [1.29, 1.82) is 0 Å². The maximum absolute atomic E-state index is 13.0. The molecule has 7 N–H and O–H groups in total. The maximum atomic E-state index is 13.0. The van der Waals surface area contributed by atoms with Crippen molar-refractivity contribution in [3.63, 3.8) is 0 Å². The lowest BCUT2D eigenvalue weighted by Crippen LogP contribution is -2.37. The van der Waals surface area contributed by atoms with Crippen LogP contribution in [0.4, 0.5) is 5.69 Å². The van der Waals surface area contributed by atoms with Gasteiger partial charge in [-0.15, -0.1) is 0 Å². The molecule has 1 aromatic carbocycles. The zero-order valence-electron chi connectivity index (χ0n) is 21.2. The van der Waals surface area contributed by atoms with Crippen molar-refractivity contribution >= 4 is 29.3 Å². The molecular weight excluding hydrogens is 486 g/mol. The van der Waals surface area contributed by atoms with Crippen molar-refractivity contribution in [2.24, 2.45) is 5.18 Å². The summed E-state index contributed by atoms with van der Waals surface area (Å²) in [5, 5.41) is 41.2. The van der Waals surface area contributed by atoms with Crippen molar-refractivity contribution in [2.75, 3.05) is 38.1 Å². The van der Waals surface area contributed by atoms with E-state index in [4.69, 9.17) is 5.11 Å². The maximum Gasteiger partial charge on any atom is 0.252 e. The van der Waals surface area contributed by atoms with Gasteiger partial charge < -0.3 is 36.6 Å². The summed E-state index contributed by atoms with van der Waals surface area (Å²) < 4.78 is 0. The number of benzene rings is 1. The molecule has 0 bridgehead atoms. The first-order valence-corrected chi connectivity index (χ1v) is 11.6. The SMILES string of the molecule is C=CC(=O)NCCCC(=O)Nc1c(C)c(C(=O)NCC(O)CO)c(C)c(C(=O)NCC(O)CN=O)c1C. The molecule has 0 aliphatic carbocycles. The van der Waals surface area contributed by atoms with Crippen molar-refractivity contribution in [2.45, 2.75) is 45.8 Å². The first kappa shape index (κ1) is 31.4. The minimum Gasteiger partial charge on any atom is -0.394 e. The second kappa shape index (κ2) is 15.4. The Hall–Kier alpha value is -3.68. The second-order valence-electron chi connectivity index (χ2n) is 8.37. The predicted molar refractivity (Wildman–Crippen MR) is 136 cm³/mol. The highest BCUT2D eigenvalue weighted by Crippen LogP contribution is 2.31. The standard InChI is InChI=1S/C24H35N5O8/c1-5-18(33)25-8-6-7-19(34)29-22-14(3)20(23(35)26-9-16(31)11-28-37)13(2)21(15(22)4)24(36)27-10-17(32)12-30/h5,16-17,30-32H,1,6-12H2,2-4H3,(H,25,33)(H,26,35)(H,27,36)(H,29,34). The van der Waals surface area contributed by atoms with Gasteiger partial charge in [-0.3, -0.25) is 19.2 Å². The fraction of sp³-hybridized carbons (Fsp3) is 0.500. The van der Waals surface area contributed by atoms with E-state index in [-0.39, 0.29) is 54.3 Å². The molecule has 13 heteroatoms. The van der Waals surface area contributed by atoms with E-state index in [0.717, 1.165) is 6.08 Å². The fourth-order valence-corrected chi connectivity index (χ4v) is 3.63. The van der Waals surface area contributed by atoms with Gasteiger partial charge >= 0.3 is 0 Å². The third kappa shape index (κ3) is 9.37. The number of aliphatic hydroxyl groups excluding tert-OH is 3. The molecule has 0 aliphatic rings. The van der Waals surface area contributed by atoms with Gasteiger partial charge in [0.2, 0.25) is 11.8 Å². The van der Waals surface area contributed by atoms with Gasteiger partial charge in [0.05, 0.1) is 18.8 Å². The molecule has 1 rings (SSSR count). The van der Waals surface area contributed by atoms with Crippen LogP contribution in [0, 0.1) is 25.7 Å². The van der Waals surface area contributed by atoms with Gasteiger partial charge in [0, 0.05) is 42.9 Å². The molecule has 0 saturated carbocycles. The number of amides is 4. The number of nitroso groups, excluding NO2 is 1. The summed E-state index contributed by atoms with van der Waals surface area (Å²) in [5.41, 5.74) is 1.44.